The zero-order valence-electron chi connectivity index (χ0n) is 11.4. The molecule has 1 heterocycles. The van der Waals surface area contributed by atoms with Gasteiger partial charge in [0.1, 0.15) is 5.58 Å². The van der Waals surface area contributed by atoms with Crippen LogP contribution in [-0.2, 0) is 0 Å². The topological polar surface area (TPSA) is 73.3 Å². The summed E-state index contributed by atoms with van der Waals surface area (Å²) in [4.78, 5) is 22.6. The van der Waals surface area contributed by atoms with Crippen LogP contribution in [0.5, 0.6) is 0 Å². The zero-order chi connectivity index (χ0) is 15.5. The molecule has 108 valence electrons. The van der Waals surface area contributed by atoms with Crippen molar-refractivity contribution in [1.29, 1.82) is 0 Å². The summed E-state index contributed by atoms with van der Waals surface area (Å²) in [6.45, 7) is 0. The van der Waals surface area contributed by atoms with Crippen LogP contribution in [0.2, 0.25) is 0 Å². The van der Waals surface area contributed by atoms with E-state index in [9.17, 15) is 14.9 Å². The molecule has 0 spiro atoms. The van der Waals surface area contributed by atoms with E-state index in [1.165, 1.54) is 18.2 Å². The number of nitrogens with zero attached hydrogens (tertiary/aromatic N) is 1. The Morgan fingerprint density at radius 1 is 1.09 bits per heavy atom. The molecule has 0 saturated carbocycles. The molecular weight excluding hydrogens is 282 g/mol. The van der Waals surface area contributed by atoms with E-state index in [1.54, 1.807) is 30.3 Å². The normalized spacial score (nSPS) is 11.1. The van der Waals surface area contributed by atoms with Crippen LogP contribution < -0.4 is 0 Å². The van der Waals surface area contributed by atoms with Gasteiger partial charge in [-0.05, 0) is 30.4 Å². The Labute approximate surface area is 125 Å². The summed E-state index contributed by atoms with van der Waals surface area (Å²) >= 11 is 0. The smallest absolute Gasteiger partial charge is 0.276 e. The highest BCUT2D eigenvalue weighted by Crippen LogP contribution is 2.21. The molecule has 3 aromatic rings. The Hall–Kier alpha value is -3.21. The predicted molar refractivity (Wildman–Crippen MR) is 82.7 cm³/mol. The highest BCUT2D eigenvalue weighted by Gasteiger charge is 2.12. The van der Waals surface area contributed by atoms with Gasteiger partial charge in [0.2, 0.25) is 5.78 Å². The van der Waals surface area contributed by atoms with Gasteiger partial charge in [0.25, 0.3) is 5.69 Å². The molecule has 0 radical (unpaired) electrons. The summed E-state index contributed by atoms with van der Waals surface area (Å²) < 4.78 is 5.46. The molecule has 22 heavy (non-hydrogen) atoms. The molecule has 0 aliphatic carbocycles. The molecule has 0 aliphatic heterocycles. The lowest BCUT2D eigenvalue weighted by Crippen LogP contribution is -1.93. The van der Waals surface area contributed by atoms with Crippen LogP contribution >= 0.6 is 0 Å². The number of hydrogen-bond donors (Lipinski definition) is 0. The van der Waals surface area contributed by atoms with Gasteiger partial charge in [0.05, 0.1) is 10.5 Å². The third-order valence-electron chi connectivity index (χ3n) is 3.22. The van der Waals surface area contributed by atoms with Crippen molar-refractivity contribution in [3.63, 3.8) is 0 Å². The van der Waals surface area contributed by atoms with Gasteiger partial charge in [-0.25, -0.2) is 0 Å². The van der Waals surface area contributed by atoms with Crippen molar-refractivity contribution < 1.29 is 14.1 Å². The van der Waals surface area contributed by atoms with Crippen LogP contribution in [0.15, 0.2) is 65.1 Å². The number of carbonyl (C=O) groups excluding carboxylic acids is 1. The molecule has 0 fully saturated rings. The third kappa shape index (κ3) is 2.64. The Kier molecular flexibility index (Phi) is 3.53. The van der Waals surface area contributed by atoms with Crippen molar-refractivity contribution in [1.82, 2.24) is 0 Å². The maximum atomic E-state index is 12.1. The maximum absolute atomic E-state index is 12.1. The van der Waals surface area contributed by atoms with Crippen molar-refractivity contribution >= 4 is 28.5 Å². The van der Waals surface area contributed by atoms with E-state index in [4.69, 9.17) is 4.42 Å². The van der Waals surface area contributed by atoms with E-state index < -0.39 is 4.92 Å². The molecular formula is C17H11NO4. The Balaban J connectivity index is 1.89. The van der Waals surface area contributed by atoms with E-state index in [2.05, 4.69) is 0 Å². The van der Waals surface area contributed by atoms with Crippen LogP contribution in [0, 0.1) is 10.1 Å². The number of fused-ring (bicyclic) bond motifs is 1. The van der Waals surface area contributed by atoms with Gasteiger partial charge in [-0.2, -0.15) is 0 Å². The second kappa shape index (κ2) is 5.65. The average molecular weight is 293 g/mol. The Morgan fingerprint density at radius 3 is 2.59 bits per heavy atom. The fourth-order valence-corrected chi connectivity index (χ4v) is 2.15. The van der Waals surface area contributed by atoms with Gasteiger partial charge in [-0.3, -0.25) is 14.9 Å². The van der Waals surface area contributed by atoms with Crippen LogP contribution in [0.3, 0.4) is 0 Å². The number of carbonyl (C=O) groups is 1. The minimum Gasteiger partial charge on any atom is -0.453 e. The van der Waals surface area contributed by atoms with Gasteiger partial charge >= 0.3 is 0 Å². The molecule has 5 nitrogen and oxygen atoms in total. The molecule has 0 amide bonds. The fourth-order valence-electron chi connectivity index (χ4n) is 2.15. The summed E-state index contributed by atoms with van der Waals surface area (Å²) in [5.41, 5.74) is 0.957. The van der Waals surface area contributed by atoms with Gasteiger partial charge in [0, 0.05) is 11.5 Å². The van der Waals surface area contributed by atoms with E-state index >= 15 is 0 Å². The summed E-state index contributed by atoms with van der Waals surface area (Å²) in [6, 6.07) is 15.2. The largest absolute Gasteiger partial charge is 0.453 e. The van der Waals surface area contributed by atoms with Crippen molar-refractivity contribution in [2.75, 3.05) is 0 Å². The number of rotatable bonds is 4. The number of allylic oxidation sites excluding steroid dienone is 1. The van der Waals surface area contributed by atoms with Gasteiger partial charge in [-0.1, -0.05) is 30.3 Å². The van der Waals surface area contributed by atoms with Crippen LogP contribution in [0.25, 0.3) is 17.0 Å². The SMILES string of the molecule is O=C(/C=C/c1ccccc1[N+](=O)[O-])c1cc2ccccc2o1. The van der Waals surface area contributed by atoms with Gasteiger partial charge < -0.3 is 4.42 Å². The standard InChI is InChI=1S/C17H11NO4/c19-15(17-11-13-6-2-4-8-16(13)22-17)10-9-12-5-1-3-7-14(12)18(20)21/h1-11H/b10-9+. The molecule has 3 rings (SSSR count). The lowest BCUT2D eigenvalue weighted by molar-refractivity contribution is -0.385. The number of ketones is 1. The number of nitro groups is 1. The maximum Gasteiger partial charge on any atom is 0.276 e. The number of furan rings is 1. The molecule has 1 aromatic heterocycles. The first-order valence-corrected chi connectivity index (χ1v) is 6.59. The average Bonchev–Trinajstić information content (AvgIpc) is 2.97. The van der Waals surface area contributed by atoms with E-state index in [1.807, 2.05) is 18.2 Å². The summed E-state index contributed by atoms with van der Waals surface area (Å²) in [5.74, 6) is -0.134. The minimum absolute atomic E-state index is 0.0452. The third-order valence-corrected chi connectivity index (χ3v) is 3.22. The number of benzene rings is 2. The number of para-hydroxylation sites is 2. The van der Waals surface area contributed by atoms with E-state index in [-0.39, 0.29) is 17.2 Å². The first-order valence-electron chi connectivity index (χ1n) is 6.59. The second-order valence-corrected chi connectivity index (χ2v) is 4.66. The van der Waals surface area contributed by atoms with E-state index in [0.717, 1.165) is 5.39 Å². The molecule has 5 heteroatoms. The van der Waals surface area contributed by atoms with Crippen LogP contribution in [0.4, 0.5) is 5.69 Å². The van der Waals surface area contributed by atoms with Crippen molar-refractivity contribution in [3.05, 3.63) is 82.1 Å². The second-order valence-electron chi connectivity index (χ2n) is 4.66. The Morgan fingerprint density at radius 2 is 1.82 bits per heavy atom. The minimum atomic E-state index is -0.481. The molecule has 0 N–H and O–H groups in total. The first kappa shape index (κ1) is 13.8. The lowest BCUT2D eigenvalue weighted by atomic mass is 10.1. The number of nitro benzene ring substituents is 1. The number of hydrogen-bond acceptors (Lipinski definition) is 4. The molecule has 0 bridgehead atoms. The molecule has 2 aromatic carbocycles. The van der Waals surface area contributed by atoms with E-state index in [0.29, 0.717) is 11.1 Å². The van der Waals surface area contributed by atoms with Crippen molar-refractivity contribution in [3.8, 4) is 0 Å². The van der Waals surface area contributed by atoms with Crippen LogP contribution in [-0.4, -0.2) is 10.7 Å². The van der Waals surface area contributed by atoms with Crippen LogP contribution in [0.1, 0.15) is 16.1 Å². The Bertz CT molecular complexity index is 859. The molecule has 0 unspecified atom stereocenters. The van der Waals surface area contributed by atoms with Crippen molar-refractivity contribution in [2.45, 2.75) is 0 Å². The molecule has 0 saturated heterocycles. The van der Waals surface area contributed by atoms with Gasteiger partial charge in [-0.15, -0.1) is 0 Å². The zero-order valence-corrected chi connectivity index (χ0v) is 11.4. The summed E-state index contributed by atoms with van der Waals surface area (Å²) in [7, 11) is 0. The van der Waals surface area contributed by atoms with Crippen molar-refractivity contribution in [2.24, 2.45) is 0 Å². The fraction of sp³-hybridized carbons (Fsp3) is 0. The highest BCUT2D eigenvalue weighted by atomic mass is 16.6. The molecule has 0 aliphatic rings. The quantitative estimate of drug-likeness (QED) is 0.312. The molecule has 0 atom stereocenters. The van der Waals surface area contributed by atoms with Gasteiger partial charge in [0.15, 0.2) is 5.76 Å². The first-order chi connectivity index (χ1) is 10.6. The monoisotopic (exact) mass is 293 g/mol. The highest BCUT2D eigenvalue weighted by molar-refractivity contribution is 6.07. The predicted octanol–water partition coefficient (Wildman–Crippen LogP) is 4.24. The summed E-state index contributed by atoms with van der Waals surface area (Å²) in [6.07, 6.45) is 2.70. The lowest BCUT2D eigenvalue weighted by Gasteiger charge is -1.95. The summed E-state index contributed by atoms with van der Waals surface area (Å²) in [5, 5.41) is 11.8.